The first kappa shape index (κ1) is 67.8. The largest absolute Gasteiger partial charge is 1.00 e. The van der Waals surface area contributed by atoms with Gasteiger partial charge in [0.25, 0.3) is 0 Å². The minimum absolute atomic E-state index is 0. The molecule has 0 saturated heterocycles. The van der Waals surface area contributed by atoms with E-state index in [1.165, 1.54) is 11.8 Å². The first-order valence-corrected chi connectivity index (χ1v) is 28.3. The fourth-order valence-electron chi connectivity index (χ4n) is 7.18. The Kier molecular flexibility index (Phi) is 31.1. The Bertz CT molecular complexity index is 3080. The molecule has 0 unspecified atom stereocenters. The maximum atomic E-state index is 7.06. The molecule has 0 radical (unpaired) electrons. The Labute approximate surface area is 509 Å². The van der Waals surface area contributed by atoms with Gasteiger partial charge in [0.15, 0.2) is 5.82 Å². The van der Waals surface area contributed by atoms with Crippen LogP contribution in [0.5, 0.6) is 17.2 Å². The zero-order valence-electron chi connectivity index (χ0n) is 47.2. The number of nitrogen functional groups attached to an aromatic ring is 3. The van der Waals surface area contributed by atoms with E-state index in [9.17, 15) is 0 Å². The Balaban J connectivity index is 0.000000309. The van der Waals surface area contributed by atoms with Gasteiger partial charge in [-0.3, -0.25) is 0 Å². The van der Waals surface area contributed by atoms with E-state index < -0.39 is 0 Å². The molecular formula is C54H70ClN18NaO3S3. The van der Waals surface area contributed by atoms with E-state index in [0.29, 0.717) is 24.7 Å². The number of aromatic nitrogens is 10. The molecule has 0 fully saturated rings. The predicted molar refractivity (Wildman–Crippen MR) is 317 cm³/mol. The molecule has 7 aromatic rings. The van der Waals surface area contributed by atoms with Crippen LogP contribution in [0.25, 0.3) is 4.85 Å². The Morgan fingerprint density at radius 3 is 1.29 bits per heavy atom. The Morgan fingerprint density at radius 2 is 0.950 bits per heavy atom. The minimum atomic E-state index is 0. The van der Waals surface area contributed by atoms with Crippen LogP contribution in [0.2, 0.25) is 0 Å². The van der Waals surface area contributed by atoms with Crippen molar-refractivity contribution in [1.29, 1.82) is 5.26 Å². The molecule has 4 heterocycles. The molecule has 0 spiro atoms. The van der Waals surface area contributed by atoms with Gasteiger partial charge in [-0.1, -0.05) is 92.7 Å². The average molecular weight is 1170 g/mol. The summed E-state index contributed by atoms with van der Waals surface area (Å²) in [7, 11) is 4.96. The van der Waals surface area contributed by atoms with Gasteiger partial charge in [0, 0.05) is 37.5 Å². The predicted octanol–water partition coefficient (Wildman–Crippen LogP) is 8.58. The summed E-state index contributed by atoms with van der Waals surface area (Å²) in [5.74, 6) is 6.46. The smallest absolute Gasteiger partial charge is 0.512 e. The second kappa shape index (κ2) is 36.7. The van der Waals surface area contributed by atoms with Crippen LogP contribution in [0.1, 0.15) is 98.9 Å². The van der Waals surface area contributed by atoms with Gasteiger partial charge < -0.3 is 64.0 Å². The summed E-state index contributed by atoms with van der Waals surface area (Å²) in [6, 6.07) is 17.7. The molecule has 0 aliphatic rings. The maximum Gasteiger partial charge on any atom is 1.00 e. The van der Waals surface area contributed by atoms with E-state index in [1.54, 1.807) is 44.9 Å². The van der Waals surface area contributed by atoms with E-state index >= 15 is 0 Å². The van der Waals surface area contributed by atoms with Crippen molar-refractivity contribution in [2.75, 3.05) is 74.1 Å². The molecule has 0 bridgehead atoms. The van der Waals surface area contributed by atoms with Gasteiger partial charge in [0.05, 0.1) is 67.8 Å². The number of unbranched alkanes of at least 4 members (excludes halogenated alkanes) is 3. The number of halogens is 1. The summed E-state index contributed by atoms with van der Waals surface area (Å²) >= 11 is 10.6. The topological polar surface area (TPSA) is 302 Å². The van der Waals surface area contributed by atoms with Crippen LogP contribution in [-0.2, 0) is 18.8 Å². The van der Waals surface area contributed by atoms with Gasteiger partial charge >= 0.3 is 29.6 Å². The molecule has 0 aliphatic carbocycles. The first-order valence-electron chi connectivity index (χ1n) is 25.3. The number of nitrogens with two attached hydrogens (primary N) is 3. The van der Waals surface area contributed by atoms with Crippen LogP contribution in [0, 0.1) is 39.2 Å². The van der Waals surface area contributed by atoms with Crippen LogP contribution in [-0.4, -0.2) is 91.5 Å². The maximum absolute atomic E-state index is 7.06. The number of H-pyrrole nitrogens is 1. The Hall–Kier alpha value is -6.51. The molecule has 3 aromatic carbocycles. The van der Waals surface area contributed by atoms with Gasteiger partial charge in [0.1, 0.15) is 34.7 Å². The van der Waals surface area contributed by atoms with E-state index in [-0.39, 0.29) is 47.4 Å². The van der Waals surface area contributed by atoms with E-state index in [2.05, 4.69) is 98.2 Å². The summed E-state index contributed by atoms with van der Waals surface area (Å²) in [6.07, 6.45) is 7.06. The number of nitrogens with one attached hydrogen (secondary N) is 4. The zero-order valence-corrected chi connectivity index (χ0v) is 52.4. The van der Waals surface area contributed by atoms with Gasteiger partial charge in [-0.2, -0.15) is 20.2 Å². The number of rotatable bonds is 25. The summed E-state index contributed by atoms with van der Waals surface area (Å²) < 4.78 is 16.5. The van der Waals surface area contributed by atoms with Crippen molar-refractivity contribution < 1.29 is 43.8 Å². The van der Waals surface area contributed by atoms with Crippen LogP contribution in [0.4, 0.5) is 35.3 Å². The Morgan fingerprint density at radius 1 is 0.588 bits per heavy atom. The van der Waals surface area contributed by atoms with Gasteiger partial charge in [-0.25, -0.2) is 21.5 Å². The molecule has 0 amide bonds. The molecule has 7 rings (SSSR count). The van der Waals surface area contributed by atoms with Gasteiger partial charge in [-0.05, 0) is 93.6 Å². The van der Waals surface area contributed by atoms with Crippen LogP contribution < -0.4 is 76.9 Å². The number of hydrogen-bond donors (Lipinski definition) is 7. The number of benzene rings is 3. The van der Waals surface area contributed by atoms with Crippen molar-refractivity contribution in [2.45, 2.75) is 128 Å². The third-order valence-corrected chi connectivity index (χ3v) is 15.1. The molecule has 10 N–H and O–H groups in total. The van der Waals surface area contributed by atoms with Crippen molar-refractivity contribution in [1.82, 2.24) is 50.5 Å². The molecule has 26 heteroatoms. The second-order valence-electron chi connectivity index (χ2n) is 17.1. The normalized spacial score (nSPS) is 10.2. The van der Waals surface area contributed by atoms with Crippen LogP contribution in [0.15, 0.2) is 84.0 Å². The number of aromatic amines is 1. The molecule has 4 aromatic heterocycles. The molecule has 420 valence electrons. The number of hydrogen-bond acceptors (Lipinski definition) is 22. The summed E-state index contributed by atoms with van der Waals surface area (Å²) in [5.41, 5.74) is 23.0. The second-order valence-corrected chi connectivity index (χ2v) is 20.5. The van der Waals surface area contributed by atoms with Crippen LogP contribution in [0.3, 0.4) is 0 Å². The van der Waals surface area contributed by atoms with E-state index in [0.717, 1.165) is 156 Å². The quantitative estimate of drug-likeness (QED) is 0.0122. The SMILES string of the molecule is CCCCNc1nc(N)nc(C)c1Sc1cc(CCl)ccc1OC.CCCCNc1nc(N)nc(C)c1Sc1cc(Cc2nn[nH]n2)ccc1OC.[C-]#N.[C-]#[N+]Cc1ccc(OC)c(Sc2c(C)nc(N)nc2NCCCC)c1.[Na+]. The van der Waals surface area contributed by atoms with Crippen molar-refractivity contribution >= 4 is 82.2 Å². The number of tetrazole rings is 1. The number of ether oxygens (including phenoxy) is 3. The zero-order chi connectivity index (χ0) is 57.7. The summed E-state index contributed by atoms with van der Waals surface area (Å²) in [6.45, 7) is 26.9. The number of nitrogens with zero attached hydrogens (tertiary/aromatic N) is 11. The number of methoxy groups -OCH3 is 3. The van der Waals surface area contributed by atoms with Crippen molar-refractivity contribution in [3.05, 3.63) is 112 Å². The van der Waals surface area contributed by atoms with Crippen molar-refractivity contribution in [3.8, 4) is 17.2 Å². The molecule has 0 aliphatic heterocycles. The molecule has 0 atom stereocenters. The standard InChI is InChI=1S/C18H24N8OS.C18H23N5OS.C17H23ClN4OS.CN.Na/c1-4-5-8-20-17-16(11(2)21-18(19)22-17)28-14-9-12(6-7-13(14)27-3)10-15-23-25-26-24-15;1-5-6-9-21-17-16(12(2)22-18(19)23-17)25-15-10-13(11-20-3)7-8-14(15)24-4;1-4-5-8-20-16-15(11(2)21-17(19)22-16)24-14-9-12(10-18)6-7-13(14)23-3;1-2;/h6-7,9H,4-5,8,10H2,1-3H3,(H3,19,20,21,22)(H,23,24,25,26);7-8,10H,5-6,9,11H2,1-2,4H3,(H3,19,21,22,23);6-7,9H,4-5,8,10H2,1-3H3,(H3,19,20,21,22);;/q;;;-1;+1. The number of alkyl halides is 1. The van der Waals surface area contributed by atoms with Crippen molar-refractivity contribution in [2.24, 2.45) is 0 Å². The fraction of sp³-hybridized carbons (Fsp3) is 0.389. The first-order chi connectivity index (χ1) is 38.3. The molecule has 0 saturated carbocycles. The fourth-order valence-corrected chi connectivity index (χ4v) is 10.6. The summed E-state index contributed by atoms with van der Waals surface area (Å²) in [5, 5.41) is 30.5. The average Bonchev–Trinajstić information content (AvgIpc) is 3.96. The third kappa shape index (κ3) is 21.2. The summed E-state index contributed by atoms with van der Waals surface area (Å²) in [4.78, 5) is 35.2. The molecule has 21 nitrogen and oxygen atoms in total. The molecular weight excluding hydrogens is 1100 g/mol. The van der Waals surface area contributed by atoms with Crippen LogP contribution >= 0.6 is 46.9 Å². The van der Waals surface area contributed by atoms with E-state index in [4.69, 9.17) is 61.4 Å². The third-order valence-electron chi connectivity index (χ3n) is 11.1. The van der Waals surface area contributed by atoms with Gasteiger partial charge in [0.2, 0.25) is 24.4 Å². The molecule has 80 heavy (non-hydrogen) atoms. The van der Waals surface area contributed by atoms with E-state index in [1.807, 2.05) is 69.3 Å². The number of anilines is 6. The minimum Gasteiger partial charge on any atom is -0.512 e. The monoisotopic (exact) mass is 1170 g/mol. The number of aryl methyl sites for hydroxylation is 3. The van der Waals surface area contributed by atoms with Crippen molar-refractivity contribution in [3.63, 3.8) is 0 Å². The van der Waals surface area contributed by atoms with Gasteiger partial charge in [-0.15, -0.1) is 21.8 Å².